The Balaban J connectivity index is 1.62. The average molecular weight is 313 g/mol. The number of aromatic nitrogens is 3. The number of likely N-dealkylation sites (tertiary alicyclic amines) is 1. The number of aryl methyl sites for hydroxylation is 1. The van der Waals surface area contributed by atoms with E-state index in [2.05, 4.69) is 21.9 Å². The quantitative estimate of drug-likeness (QED) is 0.858. The lowest BCUT2D eigenvalue weighted by Crippen LogP contribution is -2.37. The van der Waals surface area contributed by atoms with Crippen molar-refractivity contribution in [3.63, 3.8) is 0 Å². The third kappa shape index (κ3) is 3.27. The van der Waals surface area contributed by atoms with E-state index in [1.165, 1.54) is 0 Å². The maximum Gasteiger partial charge on any atom is 0.270 e. The SMILES string of the molecule is Cc1ccc(C(=O)N2CC[C@@H](N(C)Cc3ncccn3)C2)n1C. The smallest absolute Gasteiger partial charge is 0.270 e. The highest BCUT2D eigenvalue weighted by Crippen LogP contribution is 2.19. The van der Waals surface area contributed by atoms with Gasteiger partial charge in [-0.25, -0.2) is 9.97 Å². The van der Waals surface area contributed by atoms with Gasteiger partial charge in [-0.2, -0.15) is 0 Å². The van der Waals surface area contributed by atoms with Gasteiger partial charge in [0.05, 0.1) is 6.54 Å². The van der Waals surface area contributed by atoms with Gasteiger partial charge in [-0.3, -0.25) is 9.69 Å². The van der Waals surface area contributed by atoms with Crippen molar-refractivity contribution in [3.05, 3.63) is 47.8 Å². The van der Waals surface area contributed by atoms with Gasteiger partial charge in [0.25, 0.3) is 5.91 Å². The van der Waals surface area contributed by atoms with Crippen LogP contribution in [0.15, 0.2) is 30.6 Å². The van der Waals surface area contributed by atoms with E-state index in [-0.39, 0.29) is 5.91 Å². The molecule has 1 atom stereocenters. The van der Waals surface area contributed by atoms with Gasteiger partial charge in [-0.1, -0.05) is 0 Å². The normalized spacial score (nSPS) is 17.9. The predicted molar refractivity (Wildman–Crippen MR) is 88.0 cm³/mol. The Labute approximate surface area is 136 Å². The monoisotopic (exact) mass is 313 g/mol. The van der Waals surface area contributed by atoms with Gasteiger partial charge in [0, 0.05) is 44.3 Å². The number of hydrogen-bond donors (Lipinski definition) is 0. The molecule has 0 unspecified atom stereocenters. The molecular weight excluding hydrogens is 290 g/mol. The van der Waals surface area contributed by atoms with Crippen molar-refractivity contribution in [2.45, 2.75) is 25.9 Å². The fourth-order valence-electron chi connectivity index (χ4n) is 3.04. The summed E-state index contributed by atoms with van der Waals surface area (Å²) in [4.78, 5) is 25.4. The molecule has 6 heteroatoms. The number of likely N-dealkylation sites (N-methyl/N-ethyl adjacent to an activating group) is 1. The zero-order valence-electron chi connectivity index (χ0n) is 13.9. The zero-order chi connectivity index (χ0) is 16.4. The molecule has 0 saturated carbocycles. The van der Waals surface area contributed by atoms with E-state index in [0.717, 1.165) is 36.7 Å². The maximum absolute atomic E-state index is 12.7. The van der Waals surface area contributed by atoms with Gasteiger partial charge in [0.2, 0.25) is 0 Å². The van der Waals surface area contributed by atoms with Crippen LogP contribution in [0.2, 0.25) is 0 Å². The van der Waals surface area contributed by atoms with Crippen LogP contribution in [-0.2, 0) is 13.6 Å². The first-order valence-electron chi connectivity index (χ1n) is 7.94. The number of nitrogens with zero attached hydrogens (tertiary/aromatic N) is 5. The van der Waals surface area contributed by atoms with E-state index in [4.69, 9.17) is 0 Å². The minimum absolute atomic E-state index is 0.118. The van der Waals surface area contributed by atoms with E-state index in [0.29, 0.717) is 12.6 Å². The first-order valence-corrected chi connectivity index (χ1v) is 7.94. The third-order valence-corrected chi connectivity index (χ3v) is 4.68. The third-order valence-electron chi connectivity index (χ3n) is 4.68. The van der Waals surface area contributed by atoms with E-state index in [1.807, 2.05) is 41.6 Å². The first kappa shape index (κ1) is 15.7. The Hall–Kier alpha value is -2.21. The van der Waals surface area contributed by atoms with Crippen LogP contribution in [0.25, 0.3) is 0 Å². The van der Waals surface area contributed by atoms with Gasteiger partial charge >= 0.3 is 0 Å². The van der Waals surface area contributed by atoms with Crippen LogP contribution in [-0.4, -0.2) is 56.4 Å². The molecule has 0 bridgehead atoms. The second kappa shape index (κ2) is 6.50. The van der Waals surface area contributed by atoms with Crippen molar-refractivity contribution in [3.8, 4) is 0 Å². The summed E-state index contributed by atoms with van der Waals surface area (Å²) in [5.41, 5.74) is 1.86. The molecule has 1 aliphatic rings. The van der Waals surface area contributed by atoms with Crippen molar-refractivity contribution in [2.24, 2.45) is 7.05 Å². The topological polar surface area (TPSA) is 54.3 Å². The van der Waals surface area contributed by atoms with Gasteiger partial charge in [-0.05, 0) is 38.6 Å². The van der Waals surface area contributed by atoms with Crippen LogP contribution < -0.4 is 0 Å². The number of carbonyl (C=O) groups is 1. The molecule has 0 radical (unpaired) electrons. The molecule has 122 valence electrons. The van der Waals surface area contributed by atoms with Crippen LogP contribution in [0, 0.1) is 6.92 Å². The summed E-state index contributed by atoms with van der Waals surface area (Å²) in [5.74, 6) is 0.935. The van der Waals surface area contributed by atoms with E-state index >= 15 is 0 Å². The van der Waals surface area contributed by atoms with Crippen LogP contribution in [0.4, 0.5) is 0 Å². The van der Waals surface area contributed by atoms with Crippen molar-refractivity contribution in [1.29, 1.82) is 0 Å². The minimum atomic E-state index is 0.118. The molecule has 1 amide bonds. The predicted octanol–water partition coefficient (Wildman–Crippen LogP) is 1.47. The largest absolute Gasteiger partial charge is 0.344 e. The lowest BCUT2D eigenvalue weighted by Gasteiger charge is -2.24. The molecule has 2 aromatic heterocycles. The lowest BCUT2D eigenvalue weighted by molar-refractivity contribution is 0.0769. The van der Waals surface area contributed by atoms with Crippen molar-refractivity contribution < 1.29 is 4.79 Å². The Morgan fingerprint density at radius 3 is 2.74 bits per heavy atom. The minimum Gasteiger partial charge on any atom is -0.344 e. The summed E-state index contributed by atoms with van der Waals surface area (Å²) in [6.45, 7) is 4.27. The first-order chi connectivity index (χ1) is 11.1. The molecule has 0 N–H and O–H groups in total. The summed E-state index contributed by atoms with van der Waals surface area (Å²) in [6.07, 6.45) is 4.51. The Kier molecular flexibility index (Phi) is 4.43. The lowest BCUT2D eigenvalue weighted by atomic mass is 10.2. The Bertz CT molecular complexity index is 682. The van der Waals surface area contributed by atoms with Crippen LogP contribution in [0.5, 0.6) is 0 Å². The summed E-state index contributed by atoms with van der Waals surface area (Å²) < 4.78 is 1.96. The molecule has 23 heavy (non-hydrogen) atoms. The summed E-state index contributed by atoms with van der Waals surface area (Å²) in [6, 6.07) is 6.07. The molecule has 3 heterocycles. The van der Waals surface area contributed by atoms with Crippen molar-refractivity contribution >= 4 is 5.91 Å². The summed E-state index contributed by atoms with van der Waals surface area (Å²) in [7, 11) is 4.01. The van der Waals surface area contributed by atoms with E-state index in [9.17, 15) is 4.79 Å². The Morgan fingerprint density at radius 2 is 2.09 bits per heavy atom. The molecule has 2 aromatic rings. The molecule has 0 spiro atoms. The van der Waals surface area contributed by atoms with E-state index < -0.39 is 0 Å². The molecule has 1 saturated heterocycles. The zero-order valence-corrected chi connectivity index (χ0v) is 13.9. The average Bonchev–Trinajstić information content (AvgIpc) is 3.16. The van der Waals surface area contributed by atoms with Gasteiger partial charge < -0.3 is 9.47 Å². The highest BCUT2D eigenvalue weighted by molar-refractivity contribution is 5.93. The van der Waals surface area contributed by atoms with Crippen LogP contribution >= 0.6 is 0 Å². The second-order valence-electron chi connectivity index (χ2n) is 6.19. The number of hydrogen-bond acceptors (Lipinski definition) is 4. The molecule has 3 rings (SSSR count). The van der Waals surface area contributed by atoms with Gasteiger partial charge in [0.15, 0.2) is 0 Å². The number of carbonyl (C=O) groups excluding carboxylic acids is 1. The molecule has 1 aliphatic heterocycles. The molecule has 0 aliphatic carbocycles. The number of rotatable bonds is 4. The summed E-state index contributed by atoms with van der Waals surface area (Å²) in [5, 5.41) is 0. The van der Waals surface area contributed by atoms with Crippen LogP contribution in [0.3, 0.4) is 0 Å². The maximum atomic E-state index is 12.7. The molecule has 6 nitrogen and oxygen atoms in total. The molecule has 1 fully saturated rings. The van der Waals surface area contributed by atoms with Crippen molar-refractivity contribution in [2.75, 3.05) is 20.1 Å². The van der Waals surface area contributed by atoms with Gasteiger partial charge in [0.1, 0.15) is 11.5 Å². The van der Waals surface area contributed by atoms with Gasteiger partial charge in [-0.15, -0.1) is 0 Å². The van der Waals surface area contributed by atoms with Crippen molar-refractivity contribution in [1.82, 2.24) is 24.3 Å². The highest BCUT2D eigenvalue weighted by Gasteiger charge is 2.30. The standard InChI is InChI=1S/C17H23N5O/c1-13-5-6-15(21(13)3)17(23)22-10-7-14(11-22)20(2)12-16-18-8-4-9-19-16/h4-6,8-9,14H,7,10-12H2,1-3H3/t14-/m1/s1. The highest BCUT2D eigenvalue weighted by atomic mass is 16.2. The second-order valence-corrected chi connectivity index (χ2v) is 6.19. The van der Waals surface area contributed by atoms with Crippen LogP contribution in [0.1, 0.15) is 28.4 Å². The fraction of sp³-hybridized carbons (Fsp3) is 0.471. The fourth-order valence-corrected chi connectivity index (χ4v) is 3.04. The Morgan fingerprint density at radius 1 is 1.35 bits per heavy atom. The molecule has 0 aromatic carbocycles. The number of amides is 1. The molecular formula is C17H23N5O. The summed E-state index contributed by atoms with van der Waals surface area (Å²) >= 11 is 0. The van der Waals surface area contributed by atoms with E-state index in [1.54, 1.807) is 12.4 Å².